The number of carbonyl (C=O) groups is 1. The average Bonchev–Trinajstić information content (AvgIpc) is 2.88. The molecule has 0 amide bonds. The second-order valence-electron chi connectivity index (χ2n) is 10.7. The summed E-state index contributed by atoms with van der Waals surface area (Å²) in [5.74, 6) is 2.93. The second-order valence-corrected chi connectivity index (χ2v) is 13.3. The Morgan fingerprint density at radius 3 is 1.66 bits per heavy atom. The summed E-state index contributed by atoms with van der Waals surface area (Å²) in [7, 11) is -2.26. The summed E-state index contributed by atoms with van der Waals surface area (Å²) in [6.07, 6.45) is 6.92. The van der Waals surface area contributed by atoms with Crippen molar-refractivity contribution in [2.75, 3.05) is 6.61 Å². The first-order valence-electron chi connectivity index (χ1n) is 13.0. The number of ether oxygens (including phenoxy) is 1. The minimum atomic E-state index is -2.26. The molecule has 3 nitrogen and oxygen atoms in total. The predicted octanol–water partition coefficient (Wildman–Crippen LogP) is 8.04. The van der Waals surface area contributed by atoms with Crippen molar-refractivity contribution in [3.05, 3.63) is 84.9 Å². The molecular weight excluding hydrogens is 452 g/mol. The third-order valence-electron chi connectivity index (χ3n) is 8.29. The van der Waals surface area contributed by atoms with E-state index in [-0.39, 0.29) is 11.4 Å². The summed E-state index contributed by atoms with van der Waals surface area (Å²) < 4.78 is 12.7. The summed E-state index contributed by atoms with van der Waals surface area (Å²) in [6, 6.07) is 28.9. The Labute approximate surface area is 210 Å². The van der Waals surface area contributed by atoms with E-state index in [0.717, 1.165) is 39.7 Å². The highest BCUT2D eigenvalue weighted by Crippen LogP contribution is 2.71. The van der Waals surface area contributed by atoms with Crippen molar-refractivity contribution in [3.63, 3.8) is 0 Å². The van der Waals surface area contributed by atoms with E-state index in [1.807, 2.05) is 55.5 Å². The van der Waals surface area contributed by atoms with Crippen LogP contribution >= 0.6 is 10.3 Å². The standard InChI is InChI=1S/C31H34O3S/c1-2-33-26-13-15-29(16-14-26)35(27-9-5-3-6-10-27,28-11-7-4-8-12-28)34-30(32)31-20-23-17-24(21-31)19-25(18-23)22-31/h3-16,23-25H,2,17-22H2,1H3. The monoisotopic (exact) mass is 486 g/mol. The minimum Gasteiger partial charge on any atom is -0.494 e. The molecule has 4 fully saturated rings. The summed E-state index contributed by atoms with van der Waals surface area (Å²) in [4.78, 5) is 17.5. The maximum atomic E-state index is 14.4. The molecule has 0 radical (unpaired) electrons. The molecule has 4 saturated carbocycles. The van der Waals surface area contributed by atoms with Gasteiger partial charge in [-0.1, -0.05) is 36.4 Å². The van der Waals surface area contributed by atoms with E-state index in [2.05, 4.69) is 36.4 Å². The van der Waals surface area contributed by atoms with E-state index in [1.165, 1.54) is 19.3 Å². The first-order valence-corrected chi connectivity index (χ1v) is 14.6. The lowest BCUT2D eigenvalue weighted by Gasteiger charge is -2.56. The van der Waals surface area contributed by atoms with Gasteiger partial charge in [0.05, 0.1) is 12.0 Å². The Kier molecular flexibility index (Phi) is 5.88. The lowest BCUT2D eigenvalue weighted by atomic mass is 9.49. The maximum absolute atomic E-state index is 14.4. The van der Waals surface area contributed by atoms with E-state index in [4.69, 9.17) is 8.92 Å². The largest absolute Gasteiger partial charge is 0.494 e. The number of carbonyl (C=O) groups excluding carboxylic acids is 1. The second kappa shape index (κ2) is 9.05. The number of hydrogen-bond acceptors (Lipinski definition) is 3. The molecule has 0 unspecified atom stereocenters. The highest BCUT2D eigenvalue weighted by atomic mass is 32.3. The molecule has 0 aromatic heterocycles. The number of hydrogen-bond donors (Lipinski definition) is 0. The molecule has 3 aromatic rings. The third-order valence-corrected chi connectivity index (χ3v) is 11.5. The van der Waals surface area contributed by atoms with Gasteiger partial charge in [-0.3, -0.25) is 4.79 Å². The van der Waals surface area contributed by atoms with Crippen LogP contribution in [0.5, 0.6) is 5.75 Å². The molecule has 0 N–H and O–H groups in total. The van der Waals surface area contributed by atoms with Gasteiger partial charge in [0.2, 0.25) is 0 Å². The van der Waals surface area contributed by atoms with Crippen molar-refractivity contribution >= 4 is 16.3 Å². The van der Waals surface area contributed by atoms with E-state index in [9.17, 15) is 4.79 Å². The van der Waals surface area contributed by atoms with E-state index in [1.54, 1.807) is 0 Å². The Morgan fingerprint density at radius 2 is 1.20 bits per heavy atom. The molecular formula is C31H34O3S. The normalized spacial score (nSPS) is 27.4. The highest BCUT2D eigenvalue weighted by molar-refractivity contribution is 8.30. The van der Waals surface area contributed by atoms with E-state index >= 15 is 0 Å². The quantitative estimate of drug-likeness (QED) is 0.339. The molecule has 0 spiro atoms. The zero-order valence-corrected chi connectivity index (χ0v) is 21.2. The SMILES string of the molecule is CCOc1ccc(S(OC(=O)C23CC4CC(CC(C4)C2)C3)(c2ccccc2)c2ccccc2)cc1. The van der Waals surface area contributed by atoms with Crippen LogP contribution in [-0.4, -0.2) is 12.6 Å². The first kappa shape index (κ1) is 22.7. The van der Waals surface area contributed by atoms with Crippen molar-refractivity contribution in [1.82, 2.24) is 0 Å². The molecule has 0 atom stereocenters. The summed E-state index contributed by atoms with van der Waals surface area (Å²) >= 11 is 0. The Morgan fingerprint density at radius 1 is 0.743 bits per heavy atom. The van der Waals surface area contributed by atoms with Gasteiger partial charge in [0.1, 0.15) is 5.75 Å². The fourth-order valence-electron chi connectivity index (χ4n) is 7.23. The fraction of sp³-hybridized carbons (Fsp3) is 0.387. The maximum Gasteiger partial charge on any atom is 0.323 e. The molecule has 4 aliphatic carbocycles. The Hall–Kier alpha value is -2.72. The van der Waals surface area contributed by atoms with Gasteiger partial charge in [-0.05, 0) is 122 Å². The van der Waals surface area contributed by atoms with Gasteiger partial charge in [-0.25, -0.2) is 0 Å². The van der Waals surface area contributed by atoms with Crippen LogP contribution in [0.3, 0.4) is 0 Å². The topological polar surface area (TPSA) is 35.5 Å². The number of rotatable bonds is 7. The molecule has 3 aromatic carbocycles. The average molecular weight is 487 g/mol. The minimum absolute atomic E-state index is 0.0215. The van der Waals surface area contributed by atoms with Crippen molar-refractivity contribution in [2.45, 2.75) is 60.1 Å². The van der Waals surface area contributed by atoms with Crippen LogP contribution in [0.1, 0.15) is 45.4 Å². The smallest absolute Gasteiger partial charge is 0.323 e. The van der Waals surface area contributed by atoms with Crippen LogP contribution < -0.4 is 4.74 Å². The van der Waals surface area contributed by atoms with Gasteiger partial charge in [0.15, 0.2) is 0 Å². The molecule has 182 valence electrons. The molecule has 4 heteroatoms. The molecule has 4 aliphatic rings. The zero-order chi connectivity index (χ0) is 23.9. The first-order chi connectivity index (χ1) is 17.1. The van der Waals surface area contributed by atoms with Gasteiger partial charge in [-0.15, -0.1) is 0 Å². The van der Waals surface area contributed by atoms with Crippen LogP contribution in [0.25, 0.3) is 0 Å². The van der Waals surface area contributed by atoms with Crippen LogP contribution in [0, 0.1) is 23.2 Å². The lowest BCUT2D eigenvalue weighted by molar-refractivity contribution is -0.160. The third kappa shape index (κ3) is 3.96. The molecule has 0 aliphatic heterocycles. The predicted molar refractivity (Wildman–Crippen MR) is 140 cm³/mol. The summed E-state index contributed by atoms with van der Waals surface area (Å²) in [5.41, 5.74) is -0.318. The van der Waals surface area contributed by atoms with Gasteiger partial charge in [-0.2, -0.15) is 0 Å². The van der Waals surface area contributed by atoms with Crippen molar-refractivity contribution < 1.29 is 13.7 Å². The van der Waals surface area contributed by atoms with Crippen molar-refractivity contribution in [2.24, 2.45) is 23.2 Å². The Bertz CT molecular complexity index is 1100. The van der Waals surface area contributed by atoms with E-state index in [0.29, 0.717) is 24.4 Å². The van der Waals surface area contributed by atoms with E-state index < -0.39 is 10.3 Å². The molecule has 35 heavy (non-hydrogen) atoms. The van der Waals surface area contributed by atoms with Crippen LogP contribution in [-0.2, 0) is 8.98 Å². The van der Waals surface area contributed by atoms with Gasteiger partial charge >= 0.3 is 5.97 Å². The van der Waals surface area contributed by atoms with Gasteiger partial charge in [0.25, 0.3) is 0 Å². The summed E-state index contributed by atoms with van der Waals surface area (Å²) in [6.45, 7) is 2.61. The molecule has 0 saturated heterocycles. The van der Waals surface area contributed by atoms with Gasteiger partial charge < -0.3 is 8.92 Å². The zero-order valence-electron chi connectivity index (χ0n) is 20.4. The van der Waals surface area contributed by atoms with Crippen LogP contribution in [0.4, 0.5) is 0 Å². The van der Waals surface area contributed by atoms with Crippen molar-refractivity contribution in [3.8, 4) is 5.75 Å². The fourth-order valence-corrected chi connectivity index (χ4v) is 10.3. The van der Waals surface area contributed by atoms with Crippen molar-refractivity contribution in [1.29, 1.82) is 0 Å². The van der Waals surface area contributed by atoms with Crippen LogP contribution in [0.15, 0.2) is 99.6 Å². The summed E-state index contributed by atoms with van der Waals surface area (Å²) in [5, 5.41) is 0. The molecule has 4 bridgehead atoms. The van der Waals surface area contributed by atoms with Crippen LogP contribution in [0.2, 0.25) is 0 Å². The highest BCUT2D eigenvalue weighted by Gasteiger charge is 2.57. The molecule has 0 heterocycles. The van der Waals surface area contributed by atoms with Gasteiger partial charge in [0, 0.05) is 14.7 Å². The molecule has 7 rings (SSSR count). The number of benzene rings is 3. The lowest BCUT2D eigenvalue weighted by Crippen LogP contribution is -2.50. The Balaban J connectivity index is 1.48.